The van der Waals surface area contributed by atoms with E-state index in [0.717, 1.165) is 18.5 Å². The standard InChI is InChI=1S/C16H15ClFN/c17-14-10-12(8-9-15(14)18)19-16-7-3-5-11-4-1-2-6-13(11)16/h1-2,4,6,8-10,16,19H,3,5,7H2. The molecule has 1 N–H and O–H groups in total. The van der Waals surface area contributed by atoms with Gasteiger partial charge in [-0.15, -0.1) is 0 Å². The van der Waals surface area contributed by atoms with E-state index in [-0.39, 0.29) is 16.9 Å². The van der Waals surface area contributed by atoms with Gasteiger partial charge in [0.05, 0.1) is 11.1 Å². The summed E-state index contributed by atoms with van der Waals surface area (Å²) in [6.07, 6.45) is 3.40. The third-order valence-electron chi connectivity index (χ3n) is 3.63. The van der Waals surface area contributed by atoms with Crippen LogP contribution in [0.15, 0.2) is 42.5 Å². The Balaban J connectivity index is 1.86. The summed E-state index contributed by atoms with van der Waals surface area (Å²) in [5, 5.41) is 3.62. The molecule has 0 radical (unpaired) electrons. The lowest BCUT2D eigenvalue weighted by molar-refractivity contribution is 0.599. The Labute approximate surface area is 117 Å². The van der Waals surface area contributed by atoms with Crippen molar-refractivity contribution in [3.8, 4) is 0 Å². The zero-order valence-electron chi connectivity index (χ0n) is 10.5. The van der Waals surface area contributed by atoms with Gasteiger partial charge in [-0.2, -0.15) is 0 Å². The minimum atomic E-state index is -0.378. The fraction of sp³-hybridized carbons (Fsp3) is 0.250. The number of nitrogens with one attached hydrogen (secondary N) is 1. The van der Waals surface area contributed by atoms with Crippen molar-refractivity contribution >= 4 is 17.3 Å². The number of halogens is 2. The van der Waals surface area contributed by atoms with Gasteiger partial charge in [-0.1, -0.05) is 35.9 Å². The molecule has 0 bridgehead atoms. The quantitative estimate of drug-likeness (QED) is 0.816. The van der Waals surface area contributed by atoms with E-state index in [1.165, 1.54) is 23.6 Å². The molecule has 1 aliphatic rings. The Morgan fingerprint density at radius 1 is 1.16 bits per heavy atom. The maximum Gasteiger partial charge on any atom is 0.141 e. The van der Waals surface area contributed by atoms with Crippen LogP contribution in [0.1, 0.15) is 30.0 Å². The number of fused-ring (bicyclic) bond motifs is 1. The molecule has 0 fully saturated rings. The molecule has 2 aromatic rings. The Morgan fingerprint density at radius 3 is 2.84 bits per heavy atom. The summed E-state index contributed by atoms with van der Waals surface area (Å²) >= 11 is 5.82. The average molecular weight is 276 g/mol. The Morgan fingerprint density at radius 2 is 2.00 bits per heavy atom. The van der Waals surface area contributed by atoms with Gasteiger partial charge in [0.25, 0.3) is 0 Å². The second-order valence-corrected chi connectivity index (χ2v) is 5.32. The van der Waals surface area contributed by atoms with Crippen LogP contribution in [-0.4, -0.2) is 0 Å². The number of hydrogen-bond acceptors (Lipinski definition) is 1. The van der Waals surface area contributed by atoms with Gasteiger partial charge in [0.1, 0.15) is 5.82 Å². The van der Waals surface area contributed by atoms with Crippen molar-refractivity contribution in [3.63, 3.8) is 0 Å². The molecule has 2 aromatic carbocycles. The van der Waals surface area contributed by atoms with Crippen LogP contribution in [-0.2, 0) is 6.42 Å². The highest BCUT2D eigenvalue weighted by Crippen LogP contribution is 2.33. The minimum absolute atomic E-state index is 0.161. The number of rotatable bonds is 2. The number of anilines is 1. The molecular formula is C16H15ClFN. The van der Waals surface area contributed by atoms with E-state index in [1.807, 2.05) is 0 Å². The first-order chi connectivity index (χ1) is 9.24. The predicted octanol–water partition coefficient (Wildman–Crippen LogP) is 4.97. The third kappa shape index (κ3) is 2.59. The topological polar surface area (TPSA) is 12.0 Å². The minimum Gasteiger partial charge on any atom is -0.378 e. The molecule has 0 aromatic heterocycles. The van der Waals surface area contributed by atoms with E-state index >= 15 is 0 Å². The van der Waals surface area contributed by atoms with Crippen LogP contribution < -0.4 is 5.32 Å². The van der Waals surface area contributed by atoms with E-state index < -0.39 is 0 Å². The van der Waals surface area contributed by atoms with Gasteiger partial charge >= 0.3 is 0 Å². The van der Waals surface area contributed by atoms with Crippen molar-refractivity contribution in [2.45, 2.75) is 25.3 Å². The highest BCUT2D eigenvalue weighted by Gasteiger charge is 2.19. The van der Waals surface area contributed by atoms with Gasteiger partial charge in [0.2, 0.25) is 0 Å². The van der Waals surface area contributed by atoms with Crippen molar-refractivity contribution in [3.05, 3.63) is 64.4 Å². The number of hydrogen-bond donors (Lipinski definition) is 1. The normalized spacial score (nSPS) is 17.9. The molecule has 1 unspecified atom stereocenters. The van der Waals surface area contributed by atoms with Crippen molar-refractivity contribution < 1.29 is 4.39 Å². The highest BCUT2D eigenvalue weighted by molar-refractivity contribution is 6.31. The highest BCUT2D eigenvalue weighted by atomic mass is 35.5. The number of benzene rings is 2. The molecule has 0 heterocycles. The third-order valence-corrected chi connectivity index (χ3v) is 3.92. The van der Waals surface area contributed by atoms with Crippen molar-refractivity contribution in [1.82, 2.24) is 0 Å². The van der Waals surface area contributed by atoms with Crippen LogP contribution in [0.25, 0.3) is 0 Å². The van der Waals surface area contributed by atoms with E-state index in [9.17, 15) is 4.39 Å². The molecule has 19 heavy (non-hydrogen) atoms. The first kappa shape index (κ1) is 12.5. The van der Waals surface area contributed by atoms with E-state index in [4.69, 9.17) is 11.6 Å². The van der Waals surface area contributed by atoms with Crippen molar-refractivity contribution in [2.24, 2.45) is 0 Å². The van der Waals surface area contributed by atoms with Crippen LogP contribution in [0.2, 0.25) is 5.02 Å². The van der Waals surface area contributed by atoms with Crippen molar-refractivity contribution in [2.75, 3.05) is 5.32 Å². The SMILES string of the molecule is Fc1ccc(NC2CCCc3ccccc32)cc1Cl. The summed E-state index contributed by atoms with van der Waals surface area (Å²) < 4.78 is 13.2. The molecule has 0 aliphatic heterocycles. The second-order valence-electron chi connectivity index (χ2n) is 4.92. The first-order valence-corrected chi connectivity index (χ1v) is 6.91. The van der Waals surface area contributed by atoms with Crippen LogP contribution in [0.4, 0.5) is 10.1 Å². The Bertz CT molecular complexity index is 597. The fourth-order valence-electron chi connectivity index (χ4n) is 2.69. The molecule has 1 aliphatic carbocycles. The molecule has 0 amide bonds. The van der Waals surface area contributed by atoms with Gasteiger partial charge in [-0.3, -0.25) is 0 Å². The molecule has 0 saturated heterocycles. The first-order valence-electron chi connectivity index (χ1n) is 6.53. The zero-order valence-corrected chi connectivity index (χ0v) is 11.3. The largest absolute Gasteiger partial charge is 0.378 e. The predicted molar refractivity (Wildman–Crippen MR) is 77.2 cm³/mol. The smallest absolute Gasteiger partial charge is 0.141 e. The lowest BCUT2D eigenvalue weighted by Gasteiger charge is -2.27. The number of aryl methyl sites for hydroxylation is 1. The molecule has 3 rings (SSSR count). The molecular weight excluding hydrogens is 261 g/mol. The molecule has 1 nitrogen and oxygen atoms in total. The van der Waals surface area contributed by atoms with E-state index in [1.54, 1.807) is 12.1 Å². The molecule has 0 spiro atoms. The van der Waals surface area contributed by atoms with E-state index in [0.29, 0.717) is 0 Å². The average Bonchev–Trinajstić information content (AvgIpc) is 2.43. The van der Waals surface area contributed by atoms with Crippen LogP contribution in [0.5, 0.6) is 0 Å². The summed E-state index contributed by atoms with van der Waals surface area (Å²) in [6.45, 7) is 0. The van der Waals surface area contributed by atoms with Gasteiger partial charge in [0, 0.05) is 5.69 Å². The lowest BCUT2D eigenvalue weighted by atomic mass is 9.87. The van der Waals surface area contributed by atoms with E-state index in [2.05, 4.69) is 29.6 Å². The zero-order chi connectivity index (χ0) is 13.2. The molecule has 98 valence electrons. The maximum absolute atomic E-state index is 13.2. The van der Waals surface area contributed by atoms with Crippen molar-refractivity contribution in [1.29, 1.82) is 0 Å². The monoisotopic (exact) mass is 275 g/mol. The Kier molecular flexibility index (Phi) is 3.43. The summed E-state index contributed by atoms with van der Waals surface area (Å²) in [5.41, 5.74) is 3.61. The molecule has 1 atom stereocenters. The lowest BCUT2D eigenvalue weighted by Crippen LogP contribution is -2.17. The van der Waals surface area contributed by atoms with Gasteiger partial charge in [0.15, 0.2) is 0 Å². The van der Waals surface area contributed by atoms with Crippen LogP contribution >= 0.6 is 11.6 Å². The summed E-state index contributed by atoms with van der Waals surface area (Å²) in [7, 11) is 0. The van der Waals surface area contributed by atoms with Gasteiger partial charge < -0.3 is 5.32 Å². The summed E-state index contributed by atoms with van der Waals surface area (Å²) in [4.78, 5) is 0. The van der Waals surface area contributed by atoms with Gasteiger partial charge in [-0.25, -0.2) is 4.39 Å². The summed E-state index contributed by atoms with van der Waals surface area (Å²) in [6, 6.07) is 13.6. The summed E-state index contributed by atoms with van der Waals surface area (Å²) in [5.74, 6) is -0.378. The fourth-order valence-corrected chi connectivity index (χ4v) is 2.87. The van der Waals surface area contributed by atoms with Gasteiger partial charge in [-0.05, 0) is 48.6 Å². The Hall–Kier alpha value is -1.54. The van der Waals surface area contributed by atoms with Crippen LogP contribution in [0, 0.1) is 5.82 Å². The molecule has 0 saturated carbocycles. The molecule has 3 heteroatoms. The maximum atomic E-state index is 13.2. The second kappa shape index (κ2) is 5.22. The van der Waals surface area contributed by atoms with Crippen LogP contribution in [0.3, 0.4) is 0 Å².